The number of nitriles is 1. The van der Waals surface area contributed by atoms with Gasteiger partial charge in [0.2, 0.25) is 0 Å². The van der Waals surface area contributed by atoms with E-state index in [9.17, 15) is 4.79 Å². The molecule has 1 atom stereocenters. The Morgan fingerprint density at radius 3 is 3.19 bits per heavy atom. The number of hydrogen-bond donors (Lipinski definition) is 0. The van der Waals surface area contributed by atoms with Gasteiger partial charge in [-0.25, -0.2) is 9.78 Å². The Bertz CT molecular complexity index is 700. The van der Waals surface area contributed by atoms with Crippen LogP contribution in [-0.2, 0) is 11.2 Å². The van der Waals surface area contributed by atoms with Crippen LogP contribution in [0.4, 0.5) is 0 Å². The van der Waals surface area contributed by atoms with Gasteiger partial charge in [-0.3, -0.25) is 0 Å². The Kier molecular flexibility index (Phi) is 3.69. The van der Waals surface area contributed by atoms with Crippen LogP contribution in [0.15, 0.2) is 36.8 Å². The van der Waals surface area contributed by atoms with E-state index in [1.165, 1.54) is 17.3 Å². The quantitative estimate of drug-likeness (QED) is 0.811. The summed E-state index contributed by atoms with van der Waals surface area (Å²) in [7, 11) is 0. The van der Waals surface area contributed by atoms with E-state index >= 15 is 0 Å². The molecule has 0 saturated heterocycles. The molecule has 0 aliphatic heterocycles. The fourth-order valence-electron chi connectivity index (χ4n) is 2.90. The predicted molar refractivity (Wildman–Crippen MR) is 75.6 cm³/mol. The van der Waals surface area contributed by atoms with E-state index in [4.69, 9.17) is 10.00 Å². The SMILES string of the molecule is N#CCOC(=O)c1cncn1C1CCCc2ccccc21. The van der Waals surface area contributed by atoms with Crippen molar-refractivity contribution in [2.24, 2.45) is 0 Å². The lowest BCUT2D eigenvalue weighted by atomic mass is 9.87. The van der Waals surface area contributed by atoms with Gasteiger partial charge in [-0.2, -0.15) is 5.26 Å². The summed E-state index contributed by atoms with van der Waals surface area (Å²) < 4.78 is 6.75. The summed E-state index contributed by atoms with van der Waals surface area (Å²) >= 11 is 0. The maximum Gasteiger partial charge on any atom is 0.357 e. The van der Waals surface area contributed by atoms with E-state index in [1.807, 2.05) is 16.7 Å². The lowest BCUT2D eigenvalue weighted by Crippen LogP contribution is -2.21. The van der Waals surface area contributed by atoms with Crippen LogP contribution in [0.3, 0.4) is 0 Å². The molecular formula is C16H15N3O2. The summed E-state index contributed by atoms with van der Waals surface area (Å²) in [5.41, 5.74) is 2.95. The Morgan fingerprint density at radius 2 is 2.33 bits per heavy atom. The van der Waals surface area contributed by atoms with Crippen molar-refractivity contribution < 1.29 is 9.53 Å². The summed E-state index contributed by atoms with van der Waals surface area (Å²) in [5, 5.41) is 8.51. The van der Waals surface area contributed by atoms with Gasteiger partial charge in [-0.15, -0.1) is 0 Å². The van der Waals surface area contributed by atoms with Gasteiger partial charge in [0.25, 0.3) is 0 Å². The molecule has 0 bridgehead atoms. The second-order valence-electron chi connectivity index (χ2n) is 5.03. The molecule has 1 aromatic heterocycles. The van der Waals surface area contributed by atoms with E-state index in [0.29, 0.717) is 5.69 Å². The van der Waals surface area contributed by atoms with Gasteiger partial charge in [0, 0.05) is 0 Å². The normalized spacial score (nSPS) is 16.8. The fraction of sp³-hybridized carbons (Fsp3) is 0.312. The molecule has 0 radical (unpaired) electrons. The largest absolute Gasteiger partial charge is 0.446 e. The number of ether oxygens (including phenoxy) is 1. The average Bonchev–Trinajstić information content (AvgIpc) is 3.01. The lowest BCUT2D eigenvalue weighted by molar-refractivity contribution is 0.0540. The number of fused-ring (bicyclic) bond motifs is 1. The molecule has 0 spiro atoms. The first-order valence-electron chi connectivity index (χ1n) is 6.95. The Labute approximate surface area is 122 Å². The number of hydrogen-bond acceptors (Lipinski definition) is 4. The van der Waals surface area contributed by atoms with E-state index in [0.717, 1.165) is 19.3 Å². The number of aromatic nitrogens is 2. The molecule has 0 fully saturated rings. The molecule has 1 aliphatic rings. The molecule has 0 saturated carbocycles. The first-order chi connectivity index (χ1) is 10.3. The Hall–Kier alpha value is -2.61. The van der Waals surface area contributed by atoms with Gasteiger partial charge >= 0.3 is 5.97 Å². The molecule has 5 heteroatoms. The molecule has 106 valence electrons. The highest BCUT2D eigenvalue weighted by molar-refractivity contribution is 5.87. The second-order valence-corrected chi connectivity index (χ2v) is 5.03. The van der Waals surface area contributed by atoms with Crippen LogP contribution in [0.5, 0.6) is 0 Å². The molecule has 21 heavy (non-hydrogen) atoms. The number of benzene rings is 1. The van der Waals surface area contributed by atoms with Crippen LogP contribution in [0.25, 0.3) is 0 Å². The zero-order valence-corrected chi connectivity index (χ0v) is 11.5. The lowest BCUT2D eigenvalue weighted by Gasteiger charge is -2.27. The highest BCUT2D eigenvalue weighted by atomic mass is 16.5. The van der Waals surface area contributed by atoms with Crippen LogP contribution >= 0.6 is 0 Å². The van der Waals surface area contributed by atoms with Gasteiger partial charge in [-0.1, -0.05) is 24.3 Å². The molecule has 1 heterocycles. The van der Waals surface area contributed by atoms with Crippen LogP contribution in [0, 0.1) is 11.3 Å². The van der Waals surface area contributed by atoms with Gasteiger partial charge in [0.15, 0.2) is 6.61 Å². The number of carbonyl (C=O) groups is 1. The first kappa shape index (κ1) is 13.4. The van der Waals surface area contributed by atoms with Gasteiger partial charge in [-0.05, 0) is 30.4 Å². The van der Waals surface area contributed by atoms with Gasteiger partial charge in [0.05, 0.1) is 18.6 Å². The third kappa shape index (κ3) is 2.52. The van der Waals surface area contributed by atoms with Crippen molar-refractivity contribution in [2.75, 3.05) is 6.61 Å². The molecule has 0 amide bonds. The minimum Gasteiger partial charge on any atom is -0.446 e. The second kappa shape index (κ2) is 5.80. The Balaban J connectivity index is 1.94. The van der Waals surface area contributed by atoms with Crippen LogP contribution in [0.1, 0.15) is 40.5 Å². The number of carbonyl (C=O) groups excluding carboxylic acids is 1. The van der Waals surface area contributed by atoms with Crippen molar-refractivity contribution in [1.29, 1.82) is 5.26 Å². The molecule has 2 aromatic rings. The van der Waals surface area contributed by atoms with Crippen LogP contribution in [0.2, 0.25) is 0 Å². The van der Waals surface area contributed by atoms with Crippen LogP contribution < -0.4 is 0 Å². The number of esters is 1. The summed E-state index contributed by atoms with van der Waals surface area (Å²) in [4.78, 5) is 16.1. The highest BCUT2D eigenvalue weighted by Gasteiger charge is 2.25. The highest BCUT2D eigenvalue weighted by Crippen LogP contribution is 2.33. The van der Waals surface area contributed by atoms with Crippen LogP contribution in [-0.4, -0.2) is 22.1 Å². The molecule has 1 aliphatic carbocycles. The average molecular weight is 281 g/mol. The number of aryl methyl sites for hydroxylation is 1. The fourth-order valence-corrected chi connectivity index (χ4v) is 2.90. The topological polar surface area (TPSA) is 67.9 Å². The minimum atomic E-state index is -0.503. The van der Waals surface area contributed by atoms with E-state index < -0.39 is 5.97 Å². The molecule has 5 nitrogen and oxygen atoms in total. The number of imidazole rings is 1. The third-order valence-electron chi connectivity index (χ3n) is 3.82. The summed E-state index contributed by atoms with van der Waals surface area (Å²) in [5.74, 6) is -0.503. The summed E-state index contributed by atoms with van der Waals surface area (Å²) in [6.45, 7) is -0.245. The molecule has 1 unspecified atom stereocenters. The zero-order valence-electron chi connectivity index (χ0n) is 11.5. The number of rotatable bonds is 3. The van der Waals surface area contributed by atoms with E-state index in [2.05, 4.69) is 17.1 Å². The first-order valence-corrected chi connectivity index (χ1v) is 6.95. The van der Waals surface area contributed by atoms with Crippen molar-refractivity contribution in [3.8, 4) is 6.07 Å². The van der Waals surface area contributed by atoms with E-state index in [-0.39, 0.29) is 12.6 Å². The maximum atomic E-state index is 12.0. The third-order valence-corrected chi connectivity index (χ3v) is 3.82. The summed E-state index contributed by atoms with van der Waals surface area (Å²) in [6.07, 6.45) is 6.26. The molecule has 3 rings (SSSR count). The molecule has 0 N–H and O–H groups in total. The van der Waals surface area contributed by atoms with Crippen molar-refractivity contribution in [3.63, 3.8) is 0 Å². The predicted octanol–water partition coefficient (Wildman–Crippen LogP) is 2.49. The van der Waals surface area contributed by atoms with Crippen molar-refractivity contribution in [1.82, 2.24) is 9.55 Å². The molecule has 1 aromatic carbocycles. The minimum absolute atomic E-state index is 0.0992. The van der Waals surface area contributed by atoms with Crippen molar-refractivity contribution in [2.45, 2.75) is 25.3 Å². The van der Waals surface area contributed by atoms with Crippen molar-refractivity contribution >= 4 is 5.97 Å². The standard InChI is InChI=1S/C16H15N3O2/c17-8-9-21-16(20)15-10-18-11-19(15)14-7-3-5-12-4-1-2-6-13(12)14/h1-2,4,6,10-11,14H,3,5,7,9H2. The van der Waals surface area contributed by atoms with E-state index in [1.54, 1.807) is 12.4 Å². The monoisotopic (exact) mass is 281 g/mol. The molecular weight excluding hydrogens is 266 g/mol. The van der Waals surface area contributed by atoms with Gasteiger partial charge in [0.1, 0.15) is 11.8 Å². The number of nitrogens with zero attached hydrogens (tertiary/aromatic N) is 3. The Morgan fingerprint density at radius 1 is 1.48 bits per heavy atom. The maximum absolute atomic E-state index is 12.0. The smallest absolute Gasteiger partial charge is 0.357 e. The van der Waals surface area contributed by atoms with Crippen molar-refractivity contribution in [3.05, 3.63) is 53.6 Å². The zero-order chi connectivity index (χ0) is 14.7. The van der Waals surface area contributed by atoms with Gasteiger partial charge < -0.3 is 9.30 Å². The summed E-state index contributed by atoms with van der Waals surface area (Å²) in [6, 6.07) is 10.2.